The van der Waals surface area contributed by atoms with Gasteiger partial charge in [-0.25, -0.2) is 4.42 Å². The zero-order valence-electron chi connectivity index (χ0n) is 9.31. The monoisotopic (exact) mass is 206 g/mol. The minimum absolute atomic E-state index is 0.283. The fourth-order valence-corrected chi connectivity index (χ4v) is 2.27. The summed E-state index contributed by atoms with van der Waals surface area (Å²) in [7, 11) is 0. The second-order valence-electron chi connectivity index (χ2n) is 4.90. The molecule has 0 atom stereocenters. The van der Waals surface area contributed by atoms with Gasteiger partial charge in [-0.1, -0.05) is 27.7 Å². The quantitative estimate of drug-likeness (QED) is 0.677. The normalized spacial score (nSPS) is 12.9. The summed E-state index contributed by atoms with van der Waals surface area (Å²) >= 11 is 6.00. The molecule has 0 aromatic rings. The van der Waals surface area contributed by atoms with Crippen LogP contribution < -0.4 is 5.73 Å². The van der Waals surface area contributed by atoms with Gasteiger partial charge in [-0.15, -0.1) is 0 Å². The molecule has 0 radical (unpaired) electrons. The van der Waals surface area contributed by atoms with E-state index in [-0.39, 0.29) is 5.41 Å². The van der Waals surface area contributed by atoms with Crippen molar-refractivity contribution < 1.29 is 0 Å². The van der Waals surface area contributed by atoms with E-state index < -0.39 is 0 Å². The summed E-state index contributed by atoms with van der Waals surface area (Å²) in [6.45, 7) is 11.3. The van der Waals surface area contributed by atoms with Crippen LogP contribution >= 0.6 is 11.8 Å². The van der Waals surface area contributed by atoms with E-state index in [1.807, 2.05) is 0 Å². The highest BCUT2D eigenvalue weighted by atomic mass is 35.5. The fourth-order valence-electron chi connectivity index (χ4n) is 1.85. The summed E-state index contributed by atoms with van der Waals surface area (Å²) in [5, 5.41) is 0. The number of nitrogens with two attached hydrogens (primary N) is 1. The Labute approximate surface area is 87.5 Å². The SMILES string of the molecule is CC(C)CC(C)(C)CN(Cl)CCN. The molecule has 0 fully saturated rings. The van der Waals surface area contributed by atoms with Crippen LogP contribution in [0.3, 0.4) is 0 Å². The molecule has 0 rings (SSSR count). The summed E-state index contributed by atoms with van der Waals surface area (Å²) < 4.78 is 1.79. The van der Waals surface area contributed by atoms with Crippen LogP contribution in [-0.4, -0.2) is 24.1 Å². The van der Waals surface area contributed by atoms with E-state index in [1.54, 1.807) is 4.42 Å². The lowest BCUT2D eigenvalue weighted by atomic mass is 9.84. The van der Waals surface area contributed by atoms with Gasteiger partial charge in [0.1, 0.15) is 0 Å². The lowest BCUT2D eigenvalue weighted by molar-refractivity contribution is 0.225. The smallest absolute Gasteiger partial charge is 0.0262 e. The Kier molecular flexibility index (Phi) is 5.93. The van der Waals surface area contributed by atoms with E-state index in [2.05, 4.69) is 27.7 Å². The van der Waals surface area contributed by atoms with Crippen LogP contribution in [0, 0.1) is 11.3 Å². The molecule has 80 valence electrons. The highest BCUT2D eigenvalue weighted by molar-refractivity contribution is 6.13. The number of rotatable bonds is 6. The Balaban J connectivity index is 3.85. The highest BCUT2D eigenvalue weighted by Crippen LogP contribution is 2.26. The molecular weight excluding hydrogens is 184 g/mol. The maximum atomic E-state index is 6.00. The molecule has 0 aliphatic rings. The van der Waals surface area contributed by atoms with Gasteiger partial charge in [0, 0.05) is 19.6 Å². The van der Waals surface area contributed by atoms with E-state index in [0.717, 1.165) is 19.0 Å². The van der Waals surface area contributed by atoms with E-state index in [0.29, 0.717) is 6.54 Å². The number of nitrogens with zero attached hydrogens (tertiary/aromatic N) is 1. The third-order valence-electron chi connectivity index (χ3n) is 1.93. The number of hydrogen-bond donors (Lipinski definition) is 1. The van der Waals surface area contributed by atoms with Gasteiger partial charge in [0.05, 0.1) is 0 Å². The molecular formula is C10H23ClN2. The molecule has 0 unspecified atom stereocenters. The van der Waals surface area contributed by atoms with Gasteiger partial charge in [0.15, 0.2) is 0 Å². The van der Waals surface area contributed by atoms with Crippen LogP contribution in [0.1, 0.15) is 34.1 Å². The topological polar surface area (TPSA) is 29.3 Å². The molecule has 0 saturated carbocycles. The summed E-state index contributed by atoms with van der Waals surface area (Å²) in [6, 6.07) is 0. The first kappa shape index (κ1) is 13.2. The predicted molar refractivity (Wildman–Crippen MR) is 59.7 cm³/mol. The van der Waals surface area contributed by atoms with Gasteiger partial charge in [-0.05, 0) is 29.5 Å². The molecule has 0 aromatic carbocycles. The standard InChI is InChI=1S/C10H23ClN2/c1-9(2)7-10(3,4)8-13(11)6-5-12/h9H,5-8,12H2,1-4H3. The Morgan fingerprint density at radius 2 is 1.92 bits per heavy atom. The van der Waals surface area contributed by atoms with E-state index in [9.17, 15) is 0 Å². The van der Waals surface area contributed by atoms with E-state index in [4.69, 9.17) is 17.5 Å². The summed E-state index contributed by atoms with van der Waals surface area (Å²) in [4.78, 5) is 0. The van der Waals surface area contributed by atoms with Gasteiger partial charge in [-0.2, -0.15) is 0 Å². The van der Waals surface area contributed by atoms with Crippen molar-refractivity contribution in [1.29, 1.82) is 0 Å². The largest absolute Gasteiger partial charge is 0.329 e. The Morgan fingerprint density at radius 1 is 1.38 bits per heavy atom. The molecule has 0 aliphatic heterocycles. The molecule has 0 saturated heterocycles. The Morgan fingerprint density at radius 3 is 2.31 bits per heavy atom. The molecule has 2 nitrogen and oxygen atoms in total. The molecule has 0 aliphatic carbocycles. The molecule has 0 spiro atoms. The van der Waals surface area contributed by atoms with Crippen LogP contribution in [0.5, 0.6) is 0 Å². The number of halogens is 1. The minimum atomic E-state index is 0.283. The number of hydrogen-bond acceptors (Lipinski definition) is 2. The zero-order valence-corrected chi connectivity index (χ0v) is 10.1. The summed E-state index contributed by atoms with van der Waals surface area (Å²) in [6.07, 6.45) is 1.20. The average molecular weight is 207 g/mol. The zero-order chi connectivity index (χ0) is 10.5. The van der Waals surface area contributed by atoms with Crippen molar-refractivity contribution in [3.8, 4) is 0 Å². The maximum absolute atomic E-state index is 6.00. The lowest BCUT2D eigenvalue weighted by Gasteiger charge is -2.30. The van der Waals surface area contributed by atoms with Crippen molar-refractivity contribution >= 4 is 11.8 Å². The first-order valence-electron chi connectivity index (χ1n) is 4.98. The average Bonchev–Trinajstić information content (AvgIpc) is 1.81. The highest BCUT2D eigenvalue weighted by Gasteiger charge is 2.21. The molecule has 0 bridgehead atoms. The molecule has 0 amide bonds. The maximum Gasteiger partial charge on any atom is 0.0262 e. The minimum Gasteiger partial charge on any atom is -0.329 e. The van der Waals surface area contributed by atoms with Crippen molar-refractivity contribution in [2.45, 2.75) is 34.1 Å². The van der Waals surface area contributed by atoms with Crippen molar-refractivity contribution in [3.63, 3.8) is 0 Å². The Bertz CT molecular complexity index is 135. The van der Waals surface area contributed by atoms with Crippen molar-refractivity contribution in [2.24, 2.45) is 17.1 Å². The molecule has 0 aromatic heterocycles. The fraction of sp³-hybridized carbons (Fsp3) is 1.00. The summed E-state index contributed by atoms with van der Waals surface area (Å²) in [5.74, 6) is 0.720. The molecule has 3 heteroatoms. The van der Waals surface area contributed by atoms with Crippen molar-refractivity contribution in [1.82, 2.24) is 4.42 Å². The molecule has 0 heterocycles. The Hall–Kier alpha value is 0.210. The van der Waals surface area contributed by atoms with Gasteiger partial charge in [0.2, 0.25) is 0 Å². The first-order valence-corrected chi connectivity index (χ1v) is 5.32. The van der Waals surface area contributed by atoms with Gasteiger partial charge < -0.3 is 5.73 Å². The van der Waals surface area contributed by atoms with Crippen LogP contribution in [0.2, 0.25) is 0 Å². The van der Waals surface area contributed by atoms with Gasteiger partial charge in [0.25, 0.3) is 0 Å². The second kappa shape index (κ2) is 5.84. The summed E-state index contributed by atoms with van der Waals surface area (Å²) in [5.41, 5.74) is 5.71. The first-order chi connectivity index (χ1) is 5.87. The van der Waals surface area contributed by atoms with Gasteiger partial charge >= 0.3 is 0 Å². The van der Waals surface area contributed by atoms with Gasteiger partial charge in [-0.3, -0.25) is 0 Å². The van der Waals surface area contributed by atoms with Crippen LogP contribution in [0.4, 0.5) is 0 Å². The van der Waals surface area contributed by atoms with Crippen molar-refractivity contribution in [2.75, 3.05) is 19.6 Å². The van der Waals surface area contributed by atoms with E-state index in [1.165, 1.54) is 6.42 Å². The lowest BCUT2D eigenvalue weighted by Crippen LogP contribution is -2.32. The molecule has 13 heavy (non-hydrogen) atoms. The van der Waals surface area contributed by atoms with E-state index >= 15 is 0 Å². The van der Waals surface area contributed by atoms with Crippen molar-refractivity contribution in [3.05, 3.63) is 0 Å². The predicted octanol–water partition coefficient (Wildman–Crippen LogP) is 2.47. The molecule has 2 N–H and O–H groups in total. The van der Waals surface area contributed by atoms with Crippen LogP contribution in [-0.2, 0) is 0 Å². The third kappa shape index (κ3) is 7.29. The van der Waals surface area contributed by atoms with Crippen LogP contribution in [0.25, 0.3) is 0 Å². The second-order valence-corrected chi connectivity index (χ2v) is 5.37. The van der Waals surface area contributed by atoms with Crippen LogP contribution in [0.15, 0.2) is 0 Å². The third-order valence-corrected chi connectivity index (χ3v) is 2.22.